The Morgan fingerprint density at radius 3 is 2.41 bits per heavy atom. The molecule has 3 fully saturated rings. The number of carbonyl (C=O) groups excluding carboxylic acids is 1. The monoisotopic (exact) mass is 470 g/mol. The van der Waals surface area contributed by atoms with Crippen molar-refractivity contribution >= 4 is 5.97 Å². The minimum Gasteiger partial charge on any atom is -0.458 e. The first-order chi connectivity index (χ1) is 15.9. The minimum atomic E-state index is -0.421. The lowest BCUT2D eigenvalue weighted by atomic mass is 9.46. The van der Waals surface area contributed by atoms with Gasteiger partial charge in [-0.3, -0.25) is 4.79 Å². The molecule has 0 aromatic heterocycles. The summed E-state index contributed by atoms with van der Waals surface area (Å²) in [5, 5.41) is 0. The summed E-state index contributed by atoms with van der Waals surface area (Å²) in [6.45, 7) is 18.5. The lowest BCUT2D eigenvalue weighted by Gasteiger charge is -2.59. The van der Waals surface area contributed by atoms with Gasteiger partial charge in [0.05, 0.1) is 5.41 Å². The zero-order valence-electron chi connectivity index (χ0n) is 23.7. The zero-order valence-corrected chi connectivity index (χ0v) is 23.7. The maximum Gasteiger partial charge on any atom is 0.311 e. The molecule has 0 saturated heterocycles. The van der Waals surface area contributed by atoms with E-state index in [9.17, 15) is 4.79 Å². The predicted molar refractivity (Wildman–Crippen MR) is 142 cm³/mol. The van der Waals surface area contributed by atoms with Gasteiger partial charge >= 0.3 is 5.97 Å². The van der Waals surface area contributed by atoms with Gasteiger partial charge in [-0.15, -0.1) is 0 Å². The summed E-state index contributed by atoms with van der Waals surface area (Å²) >= 11 is 0. The highest BCUT2D eigenvalue weighted by Gasteiger charge is 2.59. The molecule has 0 aromatic rings. The van der Waals surface area contributed by atoms with E-state index in [4.69, 9.17) is 4.74 Å². The van der Waals surface area contributed by atoms with Crippen LogP contribution < -0.4 is 0 Å². The summed E-state index contributed by atoms with van der Waals surface area (Å²) in [5.74, 6) is 5.27. The third-order valence-electron chi connectivity index (χ3n) is 11.1. The molecular formula is C32H54O2. The molecule has 0 aromatic carbocycles. The first-order valence-corrected chi connectivity index (χ1v) is 14.8. The number of ether oxygens (including phenoxy) is 1. The Labute approximate surface area is 211 Å². The number of hydrogen-bond acceptors (Lipinski definition) is 2. The van der Waals surface area contributed by atoms with Crippen LogP contribution in [0.5, 0.6) is 0 Å². The van der Waals surface area contributed by atoms with Gasteiger partial charge in [0.2, 0.25) is 0 Å². The van der Waals surface area contributed by atoms with Crippen LogP contribution in [0.1, 0.15) is 126 Å². The fourth-order valence-electron chi connectivity index (χ4n) is 9.13. The summed E-state index contributed by atoms with van der Waals surface area (Å²) < 4.78 is 5.94. The smallest absolute Gasteiger partial charge is 0.311 e. The quantitative estimate of drug-likeness (QED) is 0.286. The Morgan fingerprint density at radius 1 is 1.00 bits per heavy atom. The van der Waals surface area contributed by atoms with Crippen molar-refractivity contribution < 1.29 is 9.53 Å². The summed E-state index contributed by atoms with van der Waals surface area (Å²) in [5.41, 5.74) is 2.09. The van der Waals surface area contributed by atoms with E-state index in [-0.39, 0.29) is 12.1 Å². The molecule has 8 atom stereocenters. The molecule has 0 N–H and O–H groups in total. The Morgan fingerprint density at radius 2 is 1.74 bits per heavy atom. The first kappa shape index (κ1) is 26.3. The highest BCUT2D eigenvalue weighted by Crippen LogP contribution is 2.67. The van der Waals surface area contributed by atoms with Gasteiger partial charge in [-0.05, 0) is 125 Å². The van der Waals surface area contributed by atoms with Crippen LogP contribution >= 0.6 is 0 Å². The van der Waals surface area contributed by atoms with Crippen molar-refractivity contribution in [1.82, 2.24) is 0 Å². The number of rotatable bonds is 6. The van der Waals surface area contributed by atoms with Gasteiger partial charge < -0.3 is 4.74 Å². The van der Waals surface area contributed by atoms with Crippen LogP contribution in [-0.2, 0) is 9.53 Å². The highest BCUT2D eigenvalue weighted by molar-refractivity contribution is 5.75. The van der Waals surface area contributed by atoms with Crippen LogP contribution in [0.4, 0.5) is 0 Å². The van der Waals surface area contributed by atoms with E-state index in [2.05, 4.69) is 40.7 Å². The van der Waals surface area contributed by atoms with Crippen LogP contribution in [0.15, 0.2) is 11.6 Å². The van der Waals surface area contributed by atoms with E-state index in [1.165, 1.54) is 64.2 Å². The minimum absolute atomic E-state index is 0.0113. The van der Waals surface area contributed by atoms with Crippen molar-refractivity contribution in [1.29, 1.82) is 0 Å². The van der Waals surface area contributed by atoms with Crippen molar-refractivity contribution in [2.24, 2.45) is 51.8 Å². The van der Waals surface area contributed by atoms with Crippen molar-refractivity contribution in [2.45, 2.75) is 132 Å². The highest BCUT2D eigenvalue weighted by atomic mass is 16.5. The summed E-state index contributed by atoms with van der Waals surface area (Å²) in [6, 6.07) is 0. The third kappa shape index (κ3) is 4.78. The average molecular weight is 471 g/mol. The SMILES string of the molecule is CC(C)CCC[C@H](C)[C@H]1CCC2C3CCC4=C[C@@H](OC(=O)C(C)(C)C)CC[C@]4(C)C3CC[C@@]21C. The van der Waals surface area contributed by atoms with E-state index in [0.29, 0.717) is 10.8 Å². The van der Waals surface area contributed by atoms with Crippen LogP contribution in [0.3, 0.4) is 0 Å². The Balaban J connectivity index is 1.45. The summed E-state index contributed by atoms with van der Waals surface area (Å²) in [4.78, 5) is 12.5. The standard InChI is InChI=1S/C32H54O2/c1-21(2)10-9-11-22(3)26-14-15-27-25-13-12-23-20-24(34-29(33)30(4,5)6)16-18-31(23,7)28(25)17-19-32(26,27)8/h20-22,24-28H,9-19H2,1-8H3/t22-,24-,25?,26+,27?,28?,31-,32+/m0/s1. The molecule has 3 saturated carbocycles. The maximum absolute atomic E-state index is 12.5. The number of esters is 1. The lowest BCUT2D eigenvalue weighted by molar-refractivity contribution is -0.157. The van der Waals surface area contributed by atoms with E-state index in [1.807, 2.05) is 20.8 Å². The van der Waals surface area contributed by atoms with Gasteiger partial charge in [0.15, 0.2) is 0 Å². The van der Waals surface area contributed by atoms with E-state index in [1.54, 1.807) is 5.57 Å². The first-order valence-electron chi connectivity index (χ1n) is 14.8. The molecule has 0 bridgehead atoms. The van der Waals surface area contributed by atoms with E-state index in [0.717, 1.165) is 41.9 Å². The Hall–Kier alpha value is -0.790. The van der Waals surface area contributed by atoms with Crippen LogP contribution in [0, 0.1) is 51.8 Å². The lowest BCUT2D eigenvalue weighted by Crippen LogP contribution is -2.51. The molecule has 0 aliphatic heterocycles. The molecule has 4 aliphatic rings. The molecule has 2 nitrogen and oxygen atoms in total. The second-order valence-electron chi connectivity index (χ2n) is 14.8. The fourth-order valence-corrected chi connectivity index (χ4v) is 9.13. The van der Waals surface area contributed by atoms with Crippen LogP contribution in [0.25, 0.3) is 0 Å². The van der Waals surface area contributed by atoms with Crippen LogP contribution in [0.2, 0.25) is 0 Å². The maximum atomic E-state index is 12.5. The molecule has 194 valence electrons. The molecule has 0 radical (unpaired) electrons. The average Bonchev–Trinajstić information content (AvgIpc) is 3.10. The second-order valence-corrected chi connectivity index (χ2v) is 14.8. The Kier molecular flexibility index (Phi) is 7.41. The molecule has 0 amide bonds. The predicted octanol–water partition coefficient (Wildman–Crippen LogP) is 8.99. The number of hydrogen-bond donors (Lipinski definition) is 0. The number of fused-ring (bicyclic) bond motifs is 5. The summed E-state index contributed by atoms with van der Waals surface area (Å²) in [6.07, 6.45) is 17.2. The second kappa shape index (κ2) is 9.59. The molecule has 34 heavy (non-hydrogen) atoms. The van der Waals surface area contributed by atoms with Gasteiger partial charge in [0, 0.05) is 0 Å². The van der Waals surface area contributed by atoms with Crippen molar-refractivity contribution in [2.75, 3.05) is 0 Å². The Bertz CT molecular complexity index is 772. The van der Waals surface area contributed by atoms with Gasteiger partial charge in [0.1, 0.15) is 6.10 Å². The normalized spacial score (nSPS) is 40.7. The van der Waals surface area contributed by atoms with Crippen molar-refractivity contribution in [3.05, 3.63) is 11.6 Å². The van der Waals surface area contributed by atoms with E-state index >= 15 is 0 Å². The fraction of sp³-hybridized carbons (Fsp3) is 0.906. The molecule has 3 unspecified atom stereocenters. The largest absolute Gasteiger partial charge is 0.458 e. The van der Waals surface area contributed by atoms with Gasteiger partial charge in [-0.25, -0.2) is 0 Å². The molecule has 4 aliphatic carbocycles. The molecular weight excluding hydrogens is 416 g/mol. The zero-order chi connectivity index (χ0) is 24.9. The van der Waals surface area contributed by atoms with Gasteiger partial charge in [0.25, 0.3) is 0 Å². The topological polar surface area (TPSA) is 26.3 Å². The third-order valence-corrected chi connectivity index (χ3v) is 11.1. The molecule has 4 rings (SSSR count). The number of allylic oxidation sites excluding steroid dienone is 1. The molecule has 0 spiro atoms. The van der Waals surface area contributed by atoms with E-state index < -0.39 is 5.41 Å². The van der Waals surface area contributed by atoms with Gasteiger partial charge in [-0.1, -0.05) is 59.5 Å². The van der Waals surface area contributed by atoms with Gasteiger partial charge in [-0.2, -0.15) is 0 Å². The number of carbonyl (C=O) groups is 1. The summed E-state index contributed by atoms with van der Waals surface area (Å²) in [7, 11) is 0. The molecule has 2 heteroatoms. The van der Waals surface area contributed by atoms with Crippen LogP contribution in [-0.4, -0.2) is 12.1 Å². The van der Waals surface area contributed by atoms with Crippen molar-refractivity contribution in [3.8, 4) is 0 Å². The van der Waals surface area contributed by atoms with Crippen molar-refractivity contribution in [3.63, 3.8) is 0 Å². The molecule has 0 heterocycles.